The Morgan fingerprint density at radius 2 is 2.31 bits per heavy atom. The number of benzene rings is 1. The largest absolute Gasteiger partial charge is 0.283 e. The molecule has 0 saturated carbocycles. The van der Waals surface area contributed by atoms with Gasteiger partial charge in [-0.25, -0.2) is 0 Å². The summed E-state index contributed by atoms with van der Waals surface area (Å²) in [6.45, 7) is 0.148. The fourth-order valence-corrected chi connectivity index (χ4v) is 1.37. The Hall–Kier alpha value is -0.650. The van der Waals surface area contributed by atoms with Crippen LogP contribution in [0.15, 0.2) is 22.7 Å². The highest BCUT2D eigenvalue weighted by Crippen LogP contribution is 2.25. The molecule has 0 fully saturated rings. The van der Waals surface area contributed by atoms with E-state index in [1.807, 2.05) is 0 Å². The van der Waals surface area contributed by atoms with Gasteiger partial charge in [0.2, 0.25) is 0 Å². The standard InChI is InChI=1S/C7H5BrClNO3/c8-6-2-1-5(4-13-9)3-7(6)10(11)12/h1-3H,4H2. The van der Waals surface area contributed by atoms with Gasteiger partial charge in [-0.3, -0.25) is 14.4 Å². The average Bonchev–Trinajstić information content (AvgIpc) is 2.08. The van der Waals surface area contributed by atoms with Gasteiger partial charge in [0.25, 0.3) is 5.69 Å². The van der Waals surface area contributed by atoms with Gasteiger partial charge < -0.3 is 0 Å². The summed E-state index contributed by atoms with van der Waals surface area (Å²) in [6.07, 6.45) is 0. The maximum atomic E-state index is 10.5. The summed E-state index contributed by atoms with van der Waals surface area (Å²) in [7, 11) is 0. The molecule has 70 valence electrons. The highest BCUT2D eigenvalue weighted by Gasteiger charge is 2.11. The van der Waals surface area contributed by atoms with Gasteiger partial charge in [0.15, 0.2) is 0 Å². The second-order valence-corrected chi connectivity index (χ2v) is 3.37. The van der Waals surface area contributed by atoms with Crippen LogP contribution in [0, 0.1) is 10.1 Å². The molecule has 1 aromatic carbocycles. The monoisotopic (exact) mass is 265 g/mol. The third-order valence-corrected chi connectivity index (χ3v) is 2.21. The van der Waals surface area contributed by atoms with Crippen LogP contribution in [0.5, 0.6) is 0 Å². The van der Waals surface area contributed by atoms with Crippen molar-refractivity contribution in [3.8, 4) is 0 Å². The summed E-state index contributed by atoms with van der Waals surface area (Å²) in [4.78, 5) is 10.0. The van der Waals surface area contributed by atoms with Gasteiger partial charge in [-0.2, -0.15) is 0 Å². The van der Waals surface area contributed by atoms with E-state index in [9.17, 15) is 10.1 Å². The van der Waals surface area contributed by atoms with Gasteiger partial charge in [-0.05, 0) is 27.6 Å². The molecule has 4 nitrogen and oxygen atoms in total. The van der Waals surface area contributed by atoms with Crippen molar-refractivity contribution in [3.63, 3.8) is 0 Å². The third kappa shape index (κ3) is 2.65. The summed E-state index contributed by atoms with van der Waals surface area (Å²) in [5.41, 5.74) is 0.663. The number of hydrogen-bond donors (Lipinski definition) is 0. The molecule has 6 heteroatoms. The highest BCUT2D eigenvalue weighted by molar-refractivity contribution is 9.10. The highest BCUT2D eigenvalue weighted by atomic mass is 79.9. The van der Waals surface area contributed by atoms with Crippen molar-refractivity contribution in [2.45, 2.75) is 6.61 Å². The molecular formula is C7H5BrClNO3. The molecule has 1 aromatic rings. The Kier molecular flexibility index (Phi) is 3.65. The van der Waals surface area contributed by atoms with Gasteiger partial charge in [-0.15, -0.1) is 0 Å². The van der Waals surface area contributed by atoms with Crippen LogP contribution in [-0.4, -0.2) is 4.92 Å². The first-order valence-electron chi connectivity index (χ1n) is 3.31. The van der Waals surface area contributed by atoms with E-state index in [1.54, 1.807) is 12.1 Å². The maximum Gasteiger partial charge on any atom is 0.283 e. The minimum absolute atomic E-state index is 0.00576. The fourth-order valence-electron chi connectivity index (χ4n) is 0.851. The number of nitrogens with zero attached hydrogens (tertiary/aromatic N) is 1. The normalized spacial score (nSPS) is 10.0. The topological polar surface area (TPSA) is 52.4 Å². The molecule has 0 radical (unpaired) electrons. The Morgan fingerprint density at radius 3 is 2.85 bits per heavy atom. The van der Waals surface area contributed by atoms with Gasteiger partial charge in [0, 0.05) is 6.07 Å². The fraction of sp³-hybridized carbons (Fsp3) is 0.143. The number of rotatable bonds is 3. The first kappa shape index (κ1) is 10.4. The van der Waals surface area contributed by atoms with Gasteiger partial charge >= 0.3 is 0 Å². The first-order valence-corrected chi connectivity index (χ1v) is 4.41. The molecule has 0 spiro atoms. The molecule has 0 unspecified atom stereocenters. The summed E-state index contributed by atoms with van der Waals surface area (Å²) in [6, 6.07) is 4.69. The molecule has 0 N–H and O–H groups in total. The van der Waals surface area contributed by atoms with Crippen molar-refractivity contribution in [2.75, 3.05) is 0 Å². The van der Waals surface area contributed by atoms with Gasteiger partial charge in [0.05, 0.1) is 27.9 Å². The number of nitro groups is 1. The van der Waals surface area contributed by atoms with Crippen LogP contribution in [0.25, 0.3) is 0 Å². The lowest BCUT2D eigenvalue weighted by molar-refractivity contribution is -0.385. The van der Waals surface area contributed by atoms with E-state index in [2.05, 4.69) is 20.2 Å². The van der Waals surface area contributed by atoms with Crippen molar-refractivity contribution < 1.29 is 9.21 Å². The lowest BCUT2D eigenvalue weighted by Crippen LogP contribution is -1.92. The quantitative estimate of drug-likeness (QED) is 0.624. The lowest BCUT2D eigenvalue weighted by atomic mass is 10.2. The summed E-state index contributed by atoms with van der Waals surface area (Å²) in [5.74, 6) is 0. The second-order valence-electron chi connectivity index (χ2n) is 2.30. The van der Waals surface area contributed by atoms with Crippen molar-refractivity contribution in [2.24, 2.45) is 0 Å². The zero-order valence-electron chi connectivity index (χ0n) is 6.37. The van der Waals surface area contributed by atoms with E-state index in [1.165, 1.54) is 6.07 Å². The molecule has 0 aliphatic heterocycles. The molecule has 0 aromatic heterocycles. The van der Waals surface area contributed by atoms with E-state index in [-0.39, 0.29) is 12.3 Å². The summed E-state index contributed by atoms with van der Waals surface area (Å²) >= 11 is 8.09. The SMILES string of the molecule is O=[N+]([O-])c1cc(COCl)ccc1Br. The maximum absolute atomic E-state index is 10.5. The second kappa shape index (κ2) is 4.55. The van der Waals surface area contributed by atoms with Crippen molar-refractivity contribution in [1.29, 1.82) is 0 Å². The van der Waals surface area contributed by atoms with E-state index in [0.29, 0.717) is 10.0 Å². The molecule has 0 aliphatic rings. The smallest absolute Gasteiger partial charge is 0.274 e. The minimum atomic E-state index is -0.470. The van der Waals surface area contributed by atoms with E-state index in [4.69, 9.17) is 11.9 Å². The molecule has 0 heterocycles. The van der Waals surface area contributed by atoms with Crippen LogP contribution >= 0.6 is 27.8 Å². The third-order valence-electron chi connectivity index (χ3n) is 1.43. The number of hydrogen-bond acceptors (Lipinski definition) is 3. The molecule has 0 saturated heterocycles. The van der Waals surface area contributed by atoms with E-state index in [0.717, 1.165) is 0 Å². The van der Waals surface area contributed by atoms with Crippen molar-refractivity contribution >= 4 is 33.5 Å². The van der Waals surface area contributed by atoms with Gasteiger partial charge in [-0.1, -0.05) is 6.07 Å². The van der Waals surface area contributed by atoms with E-state index >= 15 is 0 Å². The number of halogens is 2. The predicted molar refractivity (Wildman–Crippen MR) is 51.4 cm³/mol. The molecule has 13 heavy (non-hydrogen) atoms. The molecule has 0 amide bonds. The van der Waals surface area contributed by atoms with Crippen LogP contribution in [0.1, 0.15) is 5.56 Å². The van der Waals surface area contributed by atoms with Gasteiger partial charge in [0.1, 0.15) is 0 Å². The summed E-state index contributed by atoms with van der Waals surface area (Å²) < 4.78 is 4.78. The lowest BCUT2D eigenvalue weighted by Gasteiger charge is -1.99. The zero-order chi connectivity index (χ0) is 9.84. The average molecular weight is 266 g/mol. The zero-order valence-corrected chi connectivity index (χ0v) is 8.71. The van der Waals surface area contributed by atoms with E-state index < -0.39 is 4.92 Å². The van der Waals surface area contributed by atoms with Crippen LogP contribution in [0.4, 0.5) is 5.69 Å². The Labute approximate surface area is 87.9 Å². The van der Waals surface area contributed by atoms with Crippen LogP contribution in [-0.2, 0) is 10.9 Å². The van der Waals surface area contributed by atoms with Crippen molar-refractivity contribution in [3.05, 3.63) is 38.3 Å². The van der Waals surface area contributed by atoms with Crippen LogP contribution in [0.3, 0.4) is 0 Å². The summed E-state index contributed by atoms with van der Waals surface area (Å²) in [5, 5.41) is 10.5. The molecular weight excluding hydrogens is 261 g/mol. The molecule has 1 rings (SSSR count). The Balaban J connectivity index is 3.04. The molecule has 0 aliphatic carbocycles. The molecule has 0 atom stereocenters. The van der Waals surface area contributed by atoms with Crippen molar-refractivity contribution in [1.82, 2.24) is 0 Å². The van der Waals surface area contributed by atoms with Crippen LogP contribution < -0.4 is 0 Å². The predicted octanol–water partition coefficient (Wildman–Crippen LogP) is 3.03. The first-order chi connectivity index (χ1) is 6.15. The molecule has 0 bridgehead atoms. The van der Waals surface area contributed by atoms with Crippen LogP contribution in [0.2, 0.25) is 0 Å². The minimum Gasteiger partial charge on any atom is -0.274 e. The number of nitro benzene ring substituents is 1. The Morgan fingerprint density at radius 1 is 1.62 bits per heavy atom. The Bertz CT molecular complexity index is 332.